The van der Waals surface area contributed by atoms with Crippen molar-refractivity contribution in [1.82, 2.24) is 9.66 Å². The number of furan rings is 2. The van der Waals surface area contributed by atoms with E-state index in [2.05, 4.69) is 14.8 Å². The molecule has 10 heteroatoms. The molecule has 0 atom stereocenters. The quantitative estimate of drug-likeness (QED) is 0.235. The minimum Gasteiger partial charge on any atom is -0.455 e. The minimum absolute atomic E-state index is 0.216. The van der Waals surface area contributed by atoms with Crippen LogP contribution in [-0.2, 0) is 0 Å². The first-order valence-electron chi connectivity index (χ1n) is 11.4. The molecule has 0 aliphatic heterocycles. The first-order chi connectivity index (χ1) is 18.3. The second-order valence-corrected chi connectivity index (χ2v) is 8.24. The van der Waals surface area contributed by atoms with E-state index < -0.39 is 11.9 Å². The van der Waals surface area contributed by atoms with Crippen molar-refractivity contribution in [3.63, 3.8) is 0 Å². The van der Waals surface area contributed by atoms with E-state index in [4.69, 9.17) is 8.83 Å². The minimum atomic E-state index is -4.77. The van der Waals surface area contributed by atoms with Crippen molar-refractivity contribution >= 4 is 28.1 Å². The Hall–Kier alpha value is -5.12. The van der Waals surface area contributed by atoms with Gasteiger partial charge in [-0.3, -0.25) is 4.79 Å². The molecule has 0 N–H and O–H groups in total. The molecule has 0 saturated carbocycles. The third-order valence-corrected chi connectivity index (χ3v) is 5.70. The number of para-hydroxylation sites is 2. The molecule has 3 aromatic heterocycles. The first kappa shape index (κ1) is 23.3. The molecule has 3 aromatic carbocycles. The molecule has 0 saturated heterocycles. The molecule has 38 heavy (non-hydrogen) atoms. The Morgan fingerprint density at radius 3 is 2.42 bits per heavy atom. The zero-order chi connectivity index (χ0) is 26.3. The third-order valence-electron chi connectivity index (χ3n) is 5.70. The Morgan fingerprint density at radius 2 is 1.63 bits per heavy atom. The van der Waals surface area contributed by atoms with Crippen molar-refractivity contribution in [2.45, 2.75) is 6.36 Å². The molecule has 0 unspecified atom stereocenters. The lowest BCUT2D eigenvalue weighted by atomic mass is 10.2. The number of hydrogen-bond donors (Lipinski definition) is 0. The number of ether oxygens (including phenoxy) is 1. The maximum absolute atomic E-state index is 13.4. The van der Waals surface area contributed by atoms with E-state index in [1.165, 1.54) is 30.5 Å². The van der Waals surface area contributed by atoms with Gasteiger partial charge in [0.1, 0.15) is 22.9 Å². The van der Waals surface area contributed by atoms with Gasteiger partial charge in [-0.15, -0.1) is 13.2 Å². The molecule has 0 radical (unpaired) electrons. The van der Waals surface area contributed by atoms with Crippen LogP contribution in [0, 0.1) is 0 Å². The van der Waals surface area contributed by atoms with E-state index in [1.54, 1.807) is 42.5 Å². The van der Waals surface area contributed by atoms with Gasteiger partial charge in [0.15, 0.2) is 5.76 Å². The molecule has 3 heterocycles. The van der Waals surface area contributed by atoms with Crippen LogP contribution in [0.1, 0.15) is 5.76 Å². The molecule has 0 spiro atoms. The Labute approximate surface area is 212 Å². The zero-order valence-corrected chi connectivity index (χ0v) is 19.3. The van der Waals surface area contributed by atoms with E-state index >= 15 is 0 Å². The number of benzene rings is 3. The molecule has 6 aromatic rings. The topological polar surface area (TPSA) is 82.8 Å². The van der Waals surface area contributed by atoms with Crippen LogP contribution in [-0.4, -0.2) is 22.2 Å². The number of nitrogens with zero attached hydrogens (tertiary/aromatic N) is 3. The van der Waals surface area contributed by atoms with Crippen LogP contribution in [0.4, 0.5) is 13.2 Å². The molecular weight excluding hydrogens is 499 g/mol. The second kappa shape index (κ2) is 9.07. The SMILES string of the molecule is O=c1c2ccccc2nc(-c2cc3ccccc3o2)n1N=Cc1ccc(-c2ccc(OC(F)(F)F)cc2)o1. The van der Waals surface area contributed by atoms with Crippen LogP contribution in [0.2, 0.25) is 0 Å². The summed E-state index contributed by atoms with van der Waals surface area (Å²) in [7, 11) is 0. The van der Waals surface area contributed by atoms with Gasteiger partial charge >= 0.3 is 6.36 Å². The molecule has 0 aliphatic carbocycles. The van der Waals surface area contributed by atoms with E-state index in [0.717, 1.165) is 10.1 Å². The van der Waals surface area contributed by atoms with Crippen LogP contribution in [0.25, 0.3) is 44.8 Å². The Kier molecular flexibility index (Phi) is 5.56. The van der Waals surface area contributed by atoms with E-state index in [1.807, 2.05) is 24.3 Å². The van der Waals surface area contributed by atoms with E-state index in [-0.39, 0.29) is 11.6 Å². The number of alkyl halides is 3. The summed E-state index contributed by atoms with van der Waals surface area (Å²) >= 11 is 0. The van der Waals surface area contributed by atoms with Crippen molar-refractivity contribution in [2.75, 3.05) is 0 Å². The van der Waals surface area contributed by atoms with Crippen LogP contribution >= 0.6 is 0 Å². The van der Waals surface area contributed by atoms with Gasteiger partial charge in [-0.1, -0.05) is 30.3 Å². The number of aromatic nitrogens is 2. The van der Waals surface area contributed by atoms with E-state index in [0.29, 0.717) is 39.3 Å². The summed E-state index contributed by atoms with van der Waals surface area (Å²) in [5, 5.41) is 5.58. The molecule has 0 aliphatic rings. The van der Waals surface area contributed by atoms with Crippen LogP contribution < -0.4 is 10.3 Å². The Bertz CT molecular complexity index is 1830. The average Bonchev–Trinajstić information content (AvgIpc) is 3.55. The van der Waals surface area contributed by atoms with Crippen molar-refractivity contribution in [3.05, 3.63) is 107 Å². The standard InChI is InChI=1S/C28H16F3N3O4/c29-28(30,31)38-19-11-9-17(10-12-19)24-14-13-20(36-24)16-32-34-26(25-15-18-5-1-4-8-23(18)37-25)33-22-7-3-2-6-21(22)27(34)35/h1-16H. The molecular formula is C28H16F3N3O4. The summed E-state index contributed by atoms with van der Waals surface area (Å²) < 4.78 is 54.0. The fourth-order valence-corrected chi connectivity index (χ4v) is 4.00. The van der Waals surface area contributed by atoms with Gasteiger partial charge in [0.05, 0.1) is 17.1 Å². The molecule has 0 bridgehead atoms. The van der Waals surface area contributed by atoms with E-state index in [9.17, 15) is 18.0 Å². The monoisotopic (exact) mass is 515 g/mol. The van der Waals surface area contributed by atoms with Gasteiger partial charge < -0.3 is 13.6 Å². The lowest BCUT2D eigenvalue weighted by Gasteiger charge is -2.08. The predicted octanol–water partition coefficient (Wildman–Crippen LogP) is 6.85. The number of hydrogen-bond acceptors (Lipinski definition) is 6. The fourth-order valence-electron chi connectivity index (χ4n) is 4.00. The lowest BCUT2D eigenvalue weighted by Crippen LogP contribution is -2.20. The highest BCUT2D eigenvalue weighted by Crippen LogP contribution is 2.29. The second-order valence-electron chi connectivity index (χ2n) is 8.24. The van der Waals surface area contributed by atoms with Crippen molar-refractivity contribution in [3.8, 4) is 28.7 Å². The molecule has 0 amide bonds. The fraction of sp³-hybridized carbons (Fsp3) is 0.0357. The highest BCUT2D eigenvalue weighted by Gasteiger charge is 2.31. The zero-order valence-electron chi connectivity index (χ0n) is 19.3. The largest absolute Gasteiger partial charge is 0.573 e. The molecule has 0 fully saturated rings. The predicted molar refractivity (Wildman–Crippen MR) is 135 cm³/mol. The van der Waals surface area contributed by atoms with Gasteiger partial charge in [-0.25, -0.2) is 4.98 Å². The molecule has 6 rings (SSSR count). The van der Waals surface area contributed by atoms with Gasteiger partial charge in [0.25, 0.3) is 5.56 Å². The van der Waals surface area contributed by atoms with Gasteiger partial charge in [0.2, 0.25) is 5.82 Å². The van der Waals surface area contributed by atoms with Gasteiger partial charge in [0, 0.05) is 10.9 Å². The van der Waals surface area contributed by atoms with Gasteiger partial charge in [-0.05, 0) is 60.7 Å². The van der Waals surface area contributed by atoms with Gasteiger partial charge in [-0.2, -0.15) is 9.78 Å². The average molecular weight is 515 g/mol. The third kappa shape index (κ3) is 4.55. The lowest BCUT2D eigenvalue weighted by molar-refractivity contribution is -0.274. The van der Waals surface area contributed by atoms with Crippen molar-refractivity contribution in [1.29, 1.82) is 0 Å². The summed E-state index contributed by atoms with van der Waals surface area (Å²) in [6.07, 6.45) is -3.42. The normalized spacial score (nSPS) is 12.1. The number of halogens is 3. The van der Waals surface area contributed by atoms with Crippen LogP contribution in [0.5, 0.6) is 5.75 Å². The molecule has 7 nitrogen and oxygen atoms in total. The van der Waals surface area contributed by atoms with Crippen LogP contribution in [0.15, 0.2) is 110 Å². The smallest absolute Gasteiger partial charge is 0.455 e. The van der Waals surface area contributed by atoms with Crippen molar-refractivity contribution < 1.29 is 26.7 Å². The Balaban J connectivity index is 1.36. The maximum Gasteiger partial charge on any atom is 0.573 e. The maximum atomic E-state index is 13.4. The van der Waals surface area contributed by atoms with Crippen LogP contribution in [0.3, 0.4) is 0 Å². The highest BCUT2D eigenvalue weighted by molar-refractivity contribution is 5.84. The summed E-state index contributed by atoms with van der Waals surface area (Å²) in [5.41, 5.74) is 1.28. The first-order valence-corrected chi connectivity index (χ1v) is 11.4. The highest BCUT2D eigenvalue weighted by atomic mass is 19.4. The van der Waals surface area contributed by atoms with Crippen molar-refractivity contribution in [2.24, 2.45) is 5.10 Å². The summed E-state index contributed by atoms with van der Waals surface area (Å²) in [5.74, 6) is 0.953. The summed E-state index contributed by atoms with van der Waals surface area (Å²) in [4.78, 5) is 18.0. The Morgan fingerprint density at radius 1 is 0.868 bits per heavy atom. The number of rotatable bonds is 5. The summed E-state index contributed by atoms with van der Waals surface area (Å²) in [6.45, 7) is 0. The summed E-state index contributed by atoms with van der Waals surface area (Å²) in [6, 6.07) is 24.7. The number of fused-ring (bicyclic) bond motifs is 2. The molecule has 188 valence electrons.